The Morgan fingerprint density at radius 1 is 1.14 bits per heavy atom. The smallest absolute Gasteiger partial charge is 0.419 e. The molecule has 0 aromatic heterocycles. The molecular formula is C16H16N2NaO9S+. The molecule has 150 valence electrons. The fourth-order valence-electron chi connectivity index (χ4n) is 2.43. The van der Waals surface area contributed by atoms with Crippen LogP contribution in [0.3, 0.4) is 0 Å². The van der Waals surface area contributed by atoms with E-state index in [9.17, 15) is 32.9 Å². The molecule has 1 aromatic carbocycles. The first kappa shape index (κ1) is 24.9. The molecule has 0 saturated carbocycles. The maximum atomic E-state index is 11.9. The number of nitrogens with zero attached hydrogens (tertiary/aromatic N) is 2. The Balaban J connectivity index is 0.00000420. The molecule has 0 fully saturated rings. The van der Waals surface area contributed by atoms with E-state index >= 15 is 0 Å². The number of unbranched alkanes of at least 4 members (excludes halogenated alkanes) is 2. The molecule has 29 heavy (non-hydrogen) atoms. The molecule has 1 aliphatic heterocycles. The largest absolute Gasteiger partial charge is 1.00 e. The normalized spacial score (nSPS) is 13.3. The minimum absolute atomic E-state index is 0. The predicted octanol–water partition coefficient (Wildman–Crippen LogP) is -1.76. The van der Waals surface area contributed by atoms with Crippen molar-refractivity contribution in [2.45, 2.75) is 30.6 Å². The number of nitro benzene ring substituents is 1. The minimum Gasteiger partial charge on any atom is -0.419 e. The van der Waals surface area contributed by atoms with Crippen molar-refractivity contribution in [1.29, 1.82) is 0 Å². The van der Waals surface area contributed by atoms with Crippen molar-refractivity contribution in [3.63, 3.8) is 0 Å². The standard InChI is InChI=1S/C16H16N2O9S.Na/c19-14-7-8-15(20)17(14)9-3-1-2-4-16(21)27-13-6-5-11(28(24,25)26)10-12(13)18(22)23;/h5-8,10H,1-4,9H2,(H,24,25,26);/q;+1. The summed E-state index contributed by atoms with van der Waals surface area (Å²) >= 11 is 0. The number of carbonyl (C=O) groups is 3. The van der Waals surface area contributed by atoms with Gasteiger partial charge in [0.2, 0.25) is 5.75 Å². The van der Waals surface area contributed by atoms with Gasteiger partial charge in [-0.2, -0.15) is 8.42 Å². The van der Waals surface area contributed by atoms with Crippen LogP contribution >= 0.6 is 0 Å². The van der Waals surface area contributed by atoms with Gasteiger partial charge in [-0.25, -0.2) is 0 Å². The SMILES string of the molecule is O=C(CCCCCN1C(=O)C=CC1=O)Oc1ccc(S(=O)(=O)O)cc1[N+](=O)[O-].[Na+]. The number of imide groups is 1. The summed E-state index contributed by atoms with van der Waals surface area (Å²) in [6.45, 7) is 0.224. The van der Waals surface area contributed by atoms with E-state index in [0.717, 1.165) is 17.0 Å². The van der Waals surface area contributed by atoms with Gasteiger partial charge in [-0.1, -0.05) is 6.42 Å². The van der Waals surface area contributed by atoms with Crippen molar-refractivity contribution in [2.24, 2.45) is 0 Å². The monoisotopic (exact) mass is 435 g/mol. The molecule has 2 amide bonds. The first-order chi connectivity index (χ1) is 13.1. The molecule has 2 rings (SSSR count). The maximum absolute atomic E-state index is 11.9. The molecule has 0 atom stereocenters. The van der Waals surface area contributed by atoms with Gasteiger partial charge in [-0.15, -0.1) is 0 Å². The van der Waals surface area contributed by atoms with Gasteiger partial charge in [0.15, 0.2) is 0 Å². The molecule has 0 bridgehead atoms. The van der Waals surface area contributed by atoms with E-state index in [1.807, 2.05) is 0 Å². The average Bonchev–Trinajstić information content (AvgIpc) is 2.92. The number of esters is 1. The van der Waals surface area contributed by atoms with Gasteiger partial charge in [-0.05, 0) is 25.0 Å². The summed E-state index contributed by atoms with van der Waals surface area (Å²) in [7, 11) is -4.64. The topological polar surface area (TPSA) is 161 Å². The van der Waals surface area contributed by atoms with E-state index in [0.29, 0.717) is 25.3 Å². The zero-order valence-electron chi connectivity index (χ0n) is 15.4. The molecule has 1 heterocycles. The molecule has 0 unspecified atom stereocenters. The molecule has 13 heteroatoms. The van der Waals surface area contributed by atoms with Crippen molar-refractivity contribution in [3.8, 4) is 5.75 Å². The molecule has 0 spiro atoms. The third kappa shape index (κ3) is 7.01. The van der Waals surface area contributed by atoms with Gasteiger partial charge in [0.25, 0.3) is 21.9 Å². The number of benzene rings is 1. The van der Waals surface area contributed by atoms with Crippen LogP contribution in [-0.2, 0) is 24.5 Å². The third-order valence-electron chi connectivity index (χ3n) is 3.81. The van der Waals surface area contributed by atoms with Crippen molar-refractivity contribution in [3.05, 3.63) is 40.5 Å². The molecule has 0 saturated heterocycles. The second-order valence-corrected chi connectivity index (χ2v) is 7.23. The zero-order chi connectivity index (χ0) is 20.9. The summed E-state index contributed by atoms with van der Waals surface area (Å²) < 4.78 is 36.0. The number of ether oxygens (including phenoxy) is 1. The molecule has 1 aromatic rings. The summed E-state index contributed by atoms with van der Waals surface area (Å²) in [4.78, 5) is 45.1. The van der Waals surface area contributed by atoms with E-state index in [1.165, 1.54) is 12.2 Å². The first-order valence-corrected chi connectivity index (χ1v) is 9.54. The van der Waals surface area contributed by atoms with Crippen LogP contribution in [0, 0.1) is 10.1 Å². The van der Waals surface area contributed by atoms with E-state index in [4.69, 9.17) is 9.29 Å². The Morgan fingerprint density at radius 3 is 2.31 bits per heavy atom. The first-order valence-electron chi connectivity index (χ1n) is 8.10. The van der Waals surface area contributed by atoms with E-state index in [-0.39, 0.29) is 54.3 Å². The molecule has 1 N–H and O–H groups in total. The fourth-order valence-corrected chi connectivity index (χ4v) is 2.93. The van der Waals surface area contributed by atoms with Crippen molar-refractivity contribution < 1.29 is 66.6 Å². The summed E-state index contributed by atoms with van der Waals surface area (Å²) in [5.41, 5.74) is -0.776. The second kappa shape index (κ2) is 10.6. The third-order valence-corrected chi connectivity index (χ3v) is 4.66. The Labute approximate surface area is 187 Å². The number of rotatable bonds is 9. The van der Waals surface area contributed by atoms with E-state index in [2.05, 4.69) is 0 Å². The Morgan fingerprint density at radius 2 is 1.76 bits per heavy atom. The molecule has 0 radical (unpaired) electrons. The van der Waals surface area contributed by atoms with Crippen LogP contribution in [0.1, 0.15) is 25.7 Å². The average molecular weight is 435 g/mol. The number of hydrogen-bond acceptors (Lipinski definition) is 8. The summed E-state index contributed by atoms with van der Waals surface area (Å²) in [5.74, 6) is -1.98. The van der Waals surface area contributed by atoms with Crippen molar-refractivity contribution >= 4 is 33.6 Å². The van der Waals surface area contributed by atoms with Crippen molar-refractivity contribution in [2.75, 3.05) is 6.54 Å². The van der Waals surface area contributed by atoms with Crippen molar-refractivity contribution in [1.82, 2.24) is 4.90 Å². The van der Waals surface area contributed by atoms with Crippen LogP contribution < -0.4 is 34.3 Å². The van der Waals surface area contributed by atoms with Gasteiger partial charge in [0, 0.05) is 31.2 Å². The quantitative estimate of drug-likeness (QED) is 0.0692. The van der Waals surface area contributed by atoms with Gasteiger partial charge in [0.05, 0.1) is 4.92 Å². The van der Waals surface area contributed by atoms with E-state index in [1.54, 1.807) is 0 Å². The zero-order valence-corrected chi connectivity index (χ0v) is 18.3. The van der Waals surface area contributed by atoms with Crippen LogP contribution in [0.5, 0.6) is 5.75 Å². The minimum atomic E-state index is -4.64. The van der Waals surface area contributed by atoms with Gasteiger partial charge in [0.1, 0.15) is 4.90 Å². The number of nitro groups is 1. The Hall–Kier alpha value is -2.12. The summed E-state index contributed by atoms with van der Waals surface area (Å²) in [6.07, 6.45) is 3.64. The molecular weight excluding hydrogens is 419 g/mol. The van der Waals surface area contributed by atoms with Crippen LogP contribution in [0.4, 0.5) is 5.69 Å². The maximum Gasteiger partial charge on any atom is 1.00 e. The van der Waals surface area contributed by atoms with E-state index < -0.39 is 37.3 Å². The fraction of sp³-hybridized carbons (Fsp3) is 0.312. The molecule has 11 nitrogen and oxygen atoms in total. The predicted molar refractivity (Wildman–Crippen MR) is 92.9 cm³/mol. The molecule has 1 aliphatic rings. The summed E-state index contributed by atoms with van der Waals surface area (Å²) in [6, 6.07) is 2.38. The Bertz CT molecular complexity index is 941. The molecule has 0 aliphatic carbocycles. The van der Waals surface area contributed by atoms with Crippen LogP contribution in [0.15, 0.2) is 35.2 Å². The van der Waals surface area contributed by atoms with Crippen LogP contribution in [0.25, 0.3) is 0 Å². The number of carbonyl (C=O) groups excluding carboxylic acids is 3. The van der Waals surface area contributed by atoms with Crippen LogP contribution in [0.2, 0.25) is 0 Å². The van der Waals surface area contributed by atoms with Gasteiger partial charge >= 0.3 is 41.2 Å². The number of hydrogen-bond donors (Lipinski definition) is 1. The second-order valence-electron chi connectivity index (χ2n) is 5.81. The number of amides is 2. The summed E-state index contributed by atoms with van der Waals surface area (Å²) in [5, 5.41) is 11.0. The van der Waals surface area contributed by atoms with Gasteiger partial charge < -0.3 is 4.74 Å². The van der Waals surface area contributed by atoms with Crippen LogP contribution in [-0.4, -0.2) is 47.1 Å². The van der Waals surface area contributed by atoms with Gasteiger partial charge in [-0.3, -0.25) is 34.0 Å². The Kier molecular flexibility index (Phi) is 9.11.